The molecule has 0 rings (SSSR count). The molecule has 2 unspecified atom stereocenters. The molecule has 0 aliphatic heterocycles. The van der Waals surface area contributed by atoms with E-state index in [9.17, 15) is 0 Å². The number of unbranched alkanes of at least 4 members (excludes halogenated alkanes) is 6. The molecular weight excluding hydrogens is 300 g/mol. The second kappa shape index (κ2) is 14.4. The van der Waals surface area contributed by atoms with E-state index in [2.05, 4.69) is 72.4 Å². The summed E-state index contributed by atoms with van der Waals surface area (Å²) in [5, 5.41) is 0. The molecule has 0 aromatic heterocycles. The van der Waals surface area contributed by atoms with Crippen LogP contribution in [0.15, 0.2) is 36.5 Å². The van der Waals surface area contributed by atoms with E-state index < -0.39 is 0 Å². The Kier molecular flexibility index (Phi) is 13.9. The van der Waals surface area contributed by atoms with Crippen molar-refractivity contribution < 1.29 is 0 Å². The van der Waals surface area contributed by atoms with E-state index in [1.165, 1.54) is 69.8 Å². The average molecular weight is 347 g/mol. The first-order valence-corrected chi connectivity index (χ1v) is 10.8. The van der Waals surface area contributed by atoms with Crippen LogP contribution in [0.25, 0.3) is 0 Å². The van der Waals surface area contributed by atoms with Gasteiger partial charge in [-0.15, -0.1) is 6.58 Å². The third-order valence-electron chi connectivity index (χ3n) is 5.21. The predicted octanol–water partition coefficient (Wildman–Crippen LogP) is 8.89. The minimum atomic E-state index is 0.334. The first kappa shape index (κ1) is 24.2. The summed E-state index contributed by atoms with van der Waals surface area (Å²) >= 11 is 0. The molecule has 0 fully saturated rings. The zero-order valence-corrected chi connectivity index (χ0v) is 18.2. The highest BCUT2D eigenvalue weighted by molar-refractivity contribution is 5.20. The van der Waals surface area contributed by atoms with Gasteiger partial charge >= 0.3 is 0 Å². The fourth-order valence-corrected chi connectivity index (χ4v) is 3.41. The Hall–Kier alpha value is -0.780. The lowest BCUT2D eigenvalue weighted by atomic mass is 9.78. The highest BCUT2D eigenvalue weighted by Crippen LogP contribution is 2.33. The molecule has 0 heteroatoms. The van der Waals surface area contributed by atoms with E-state index in [1.807, 2.05) is 0 Å². The molecule has 2 atom stereocenters. The Balaban J connectivity index is 4.66. The maximum Gasteiger partial charge on any atom is -0.0230 e. The lowest BCUT2D eigenvalue weighted by Gasteiger charge is -2.27. The third kappa shape index (κ3) is 14.1. The Labute approximate surface area is 159 Å². The number of hydrogen-bond acceptors (Lipinski definition) is 0. The summed E-state index contributed by atoms with van der Waals surface area (Å²) < 4.78 is 0. The van der Waals surface area contributed by atoms with Gasteiger partial charge in [0.05, 0.1) is 0 Å². The Morgan fingerprint density at radius 3 is 2.20 bits per heavy atom. The van der Waals surface area contributed by atoms with Gasteiger partial charge in [-0.2, -0.15) is 0 Å². The van der Waals surface area contributed by atoms with Crippen LogP contribution in [0.4, 0.5) is 0 Å². The summed E-state index contributed by atoms with van der Waals surface area (Å²) in [5.41, 5.74) is 1.87. The molecule has 25 heavy (non-hydrogen) atoms. The maximum absolute atomic E-state index is 3.96. The van der Waals surface area contributed by atoms with Gasteiger partial charge in [0.1, 0.15) is 0 Å². The molecule has 0 spiro atoms. The summed E-state index contributed by atoms with van der Waals surface area (Å²) in [7, 11) is 0. The standard InChI is InChI=1S/C25H46/c1-8-11-12-13-14-15-16-17-24(19-18-22(4)9-2)21-25(6,7)20-23(5)10-3/h10,17-19,22-23H,3,8-9,11-16,20-21H2,1-2,4-7H3. The first-order valence-electron chi connectivity index (χ1n) is 10.8. The monoisotopic (exact) mass is 346 g/mol. The summed E-state index contributed by atoms with van der Waals surface area (Å²) in [5.74, 6) is 1.26. The maximum atomic E-state index is 3.96. The van der Waals surface area contributed by atoms with Gasteiger partial charge in [-0.05, 0) is 42.9 Å². The van der Waals surface area contributed by atoms with Gasteiger partial charge in [0.25, 0.3) is 0 Å². The van der Waals surface area contributed by atoms with Crippen molar-refractivity contribution in [1.29, 1.82) is 0 Å². The van der Waals surface area contributed by atoms with Crippen LogP contribution in [0.1, 0.15) is 106 Å². The predicted molar refractivity (Wildman–Crippen MR) is 117 cm³/mol. The van der Waals surface area contributed by atoms with Gasteiger partial charge in [-0.3, -0.25) is 0 Å². The highest BCUT2D eigenvalue weighted by Gasteiger charge is 2.20. The first-order chi connectivity index (χ1) is 11.8. The van der Waals surface area contributed by atoms with E-state index in [0.29, 0.717) is 17.3 Å². The number of hydrogen-bond donors (Lipinski definition) is 0. The van der Waals surface area contributed by atoms with Crippen molar-refractivity contribution in [2.45, 2.75) is 106 Å². The molecule has 0 aliphatic carbocycles. The van der Waals surface area contributed by atoms with Gasteiger partial charge in [-0.25, -0.2) is 0 Å². The average Bonchev–Trinajstić information content (AvgIpc) is 2.57. The zero-order valence-electron chi connectivity index (χ0n) is 18.2. The fourth-order valence-electron chi connectivity index (χ4n) is 3.41. The molecule has 146 valence electrons. The molecule has 0 N–H and O–H groups in total. The van der Waals surface area contributed by atoms with Crippen molar-refractivity contribution in [3.63, 3.8) is 0 Å². The normalized spacial score (nSPS) is 15.5. The van der Waals surface area contributed by atoms with Crippen LogP contribution in [-0.4, -0.2) is 0 Å². The molecule has 0 aromatic carbocycles. The lowest BCUT2D eigenvalue weighted by Crippen LogP contribution is -2.15. The van der Waals surface area contributed by atoms with Gasteiger partial charge in [0.15, 0.2) is 0 Å². The van der Waals surface area contributed by atoms with Crippen molar-refractivity contribution in [2.75, 3.05) is 0 Å². The third-order valence-corrected chi connectivity index (χ3v) is 5.21. The van der Waals surface area contributed by atoms with Crippen molar-refractivity contribution in [1.82, 2.24) is 0 Å². The molecule has 0 aliphatic rings. The van der Waals surface area contributed by atoms with E-state index in [4.69, 9.17) is 0 Å². The van der Waals surface area contributed by atoms with Crippen LogP contribution >= 0.6 is 0 Å². The largest absolute Gasteiger partial charge is 0.103 e. The number of allylic oxidation sites excluding steroid dienone is 5. The highest BCUT2D eigenvalue weighted by atomic mass is 14.3. The van der Waals surface area contributed by atoms with Gasteiger partial charge in [0.2, 0.25) is 0 Å². The van der Waals surface area contributed by atoms with Gasteiger partial charge < -0.3 is 0 Å². The summed E-state index contributed by atoms with van der Waals surface area (Å²) in [6.45, 7) is 17.9. The molecule has 0 bridgehead atoms. The van der Waals surface area contributed by atoms with Crippen LogP contribution in [0.5, 0.6) is 0 Å². The zero-order chi connectivity index (χ0) is 19.1. The van der Waals surface area contributed by atoms with Crippen LogP contribution in [0.2, 0.25) is 0 Å². The molecule has 0 amide bonds. The van der Waals surface area contributed by atoms with E-state index in [1.54, 1.807) is 0 Å². The Morgan fingerprint density at radius 2 is 1.60 bits per heavy atom. The lowest BCUT2D eigenvalue weighted by molar-refractivity contribution is 0.300. The molecule has 0 radical (unpaired) electrons. The van der Waals surface area contributed by atoms with Crippen LogP contribution in [0, 0.1) is 17.3 Å². The molecule has 0 aromatic rings. The van der Waals surface area contributed by atoms with Crippen LogP contribution in [-0.2, 0) is 0 Å². The summed E-state index contributed by atoms with van der Waals surface area (Å²) in [4.78, 5) is 0. The smallest absolute Gasteiger partial charge is 0.0230 e. The molecule has 0 nitrogen and oxygen atoms in total. The van der Waals surface area contributed by atoms with E-state index in [-0.39, 0.29) is 0 Å². The number of rotatable bonds is 15. The summed E-state index contributed by atoms with van der Waals surface area (Å²) in [6, 6.07) is 0. The van der Waals surface area contributed by atoms with Gasteiger partial charge in [-0.1, -0.05) is 110 Å². The van der Waals surface area contributed by atoms with Gasteiger partial charge in [0, 0.05) is 0 Å². The molecule has 0 saturated carbocycles. The minimum absolute atomic E-state index is 0.334. The minimum Gasteiger partial charge on any atom is -0.103 e. The van der Waals surface area contributed by atoms with Crippen molar-refractivity contribution in [2.24, 2.45) is 17.3 Å². The quantitative estimate of drug-likeness (QED) is 0.158. The SMILES string of the molecule is C=CC(C)CC(C)(C)CC(C=CC(C)CC)=CCCCCCCCC. The fraction of sp³-hybridized carbons (Fsp3) is 0.760. The van der Waals surface area contributed by atoms with Crippen LogP contribution < -0.4 is 0 Å². The van der Waals surface area contributed by atoms with Crippen molar-refractivity contribution in [3.05, 3.63) is 36.5 Å². The van der Waals surface area contributed by atoms with Crippen LogP contribution in [0.3, 0.4) is 0 Å². The Morgan fingerprint density at radius 1 is 0.960 bits per heavy atom. The van der Waals surface area contributed by atoms with Crippen molar-refractivity contribution >= 4 is 0 Å². The topological polar surface area (TPSA) is 0 Å². The summed E-state index contributed by atoms with van der Waals surface area (Å²) in [6.07, 6.45) is 22.5. The molecular formula is C25H46. The second-order valence-electron chi connectivity index (χ2n) is 8.84. The van der Waals surface area contributed by atoms with E-state index in [0.717, 1.165) is 0 Å². The van der Waals surface area contributed by atoms with E-state index >= 15 is 0 Å². The second-order valence-corrected chi connectivity index (χ2v) is 8.84. The molecule has 0 heterocycles. The Bertz CT molecular complexity index is 383. The van der Waals surface area contributed by atoms with Crippen molar-refractivity contribution in [3.8, 4) is 0 Å². The molecule has 0 saturated heterocycles.